The summed E-state index contributed by atoms with van der Waals surface area (Å²) in [5, 5.41) is 3.82. The molecule has 0 spiro atoms. The first kappa shape index (κ1) is 13.3. The molecule has 0 aromatic carbocycles. The maximum Gasteiger partial charge on any atom is 0.128 e. The minimum absolute atomic E-state index is 0.483. The van der Waals surface area contributed by atoms with E-state index in [1.54, 1.807) is 6.20 Å². The smallest absolute Gasteiger partial charge is 0.128 e. The van der Waals surface area contributed by atoms with Crippen LogP contribution in [0, 0.1) is 0 Å². The predicted octanol–water partition coefficient (Wildman–Crippen LogP) is 2.69. The van der Waals surface area contributed by atoms with E-state index < -0.39 is 0 Å². The fraction of sp³-hybridized carbons (Fsp3) is 0.583. The molecule has 3 nitrogen and oxygen atoms in total. The Morgan fingerprint density at radius 3 is 2.81 bits per heavy atom. The van der Waals surface area contributed by atoms with Crippen molar-refractivity contribution < 1.29 is 0 Å². The lowest BCUT2D eigenvalue weighted by Gasteiger charge is -2.25. The number of anilines is 1. The molecule has 1 heterocycles. The normalized spacial score (nSPS) is 12.6. The van der Waals surface area contributed by atoms with E-state index in [0.29, 0.717) is 6.04 Å². The molecule has 0 aliphatic carbocycles. The van der Waals surface area contributed by atoms with Crippen LogP contribution in [0.1, 0.15) is 25.8 Å². The number of pyridine rings is 1. The Kier molecular flexibility index (Phi) is 5.03. The van der Waals surface area contributed by atoms with Crippen LogP contribution in [0.5, 0.6) is 0 Å². The SMILES string of the molecule is CCC(C)N(C)c1cc(CNC)c(Cl)cn1. The number of nitrogens with zero attached hydrogens (tertiary/aromatic N) is 2. The van der Waals surface area contributed by atoms with Crippen LogP contribution in [0.25, 0.3) is 0 Å². The molecule has 90 valence electrons. The average Bonchev–Trinajstić information content (AvgIpc) is 2.30. The van der Waals surface area contributed by atoms with Crippen molar-refractivity contribution in [2.45, 2.75) is 32.9 Å². The maximum absolute atomic E-state index is 6.07. The number of aromatic nitrogens is 1. The highest BCUT2D eigenvalue weighted by atomic mass is 35.5. The van der Waals surface area contributed by atoms with Crippen molar-refractivity contribution in [2.24, 2.45) is 0 Å². The molecule has 0 aliphatic rings. The molecule has 1 aromatic rings. The average molecular weight is 242 g/mol. The highest BCUT2D eigenvalue weighted by Crippen LogP contribution is 2.21. The molecule has 1 atom stereocenters. The van der Waals surface area contributed by atoms with Gasteiger partial charge < -0.3 is 10.2 Å². The molecule has 1 unspecified atom stereocenters. The Morgan fingerprint density at radius 2 is 2.25 bits per heavy atom. The summed E-state index contributed by atoms with van der Waals surface area (Å²) < 4.78 is 0. The van der Waals surface area contributed by atoms with Crippen molar-refractivity contribution in [3.05, 3.63) is 22.8 Å². The van der Waals surface area contributed by atoms with E-state index in [2.05, 4.69) is 36.1 Å². The van der Waals surface area contributed by atoms with Gasteiger partial charge in [-0.2, -0.15) is 0 Å². The summed E-state index contributed by atoms with van der Waals surface area (Å²) in [4.78, 5) is 6.53. The largest absolute Gasteiger partial charge is 0.357 e. The third-order valence-electron chi connectivity index (χ3n) is 2.90. The molecule has 1 N–H and O–H groups in total. The van der Waals surface area contributed by atoms with E-state index in [9.17, 15) is 0 Å². The Balaban J connectivity index is 2.93. The minimum atomic E-state index is 0.483. The third kappa shape index (κ3) is 3.09. The second-order valence-electron chi connectivity index (χ2n) is 4.03. The van der Waals surface area contributed by atoms with Gasteiger partial charge in [0.15, 0.2) is 0 Å². The highest BCUT2D eigenvalue weighted by molar-refractivity contribution is 6.31. The molecule has 0 saturated carbocycles. The van der Waals surface area contributed by atoms with Gasteiger partial charge in [0.25, 0.3) is 0 Å². The molecule has 1 rings (SSSR count). The standard InChI is InChI=1S/C12H20ClN3/c1-5-9(2)16(4)12-6-10(7-14-3)11(13)8-15-12/h6,8-9,14H,5,7H2,1-4H3. The van der Waals surface area contributed by atoms with Gasteiger partial charge in [-0.25, -0.2) is 4.98 Å². The van der Waals surface area contributed by atoms with Crippen molar-refractivity contribution >= 4 is 17.4 Å². The monoisotopic (exact) mass is 241 g/mol. The van der Waals surface area contributed by atoms with Crippen LogP contribution < -0.4 is 10.2 Å². The van der Waals surface area contributed by atoms with Crippen LogP contribution in [0.4, 0.5) is 5.82 Å². The minimum Gasteiger partial charge on any atom is -0.357 e. The topological polar surface area (TPSA) is 28.2 Å². The van der Waals surface area contributed by atoms with E-state index in [1.807, 2.05) is 13.1 Å². The van der Waals surface area contributed by atoms with Gasteiger partial charge in [-0.3, -0.25) is 0 Å². The van der Waals surface area contributed by atoms with Gasteiger partial charge in [0.2, 0.25) is 0 Å². The first-order valence-corrected chi connectivity index (χ1v) is 5.99. The first-order chi connectivity index (χ1) is 7.60. The zero-order valence-electron chi connectivity index (χ0n) is 10.4. The van der Waals surface area contributed by atoms with Gasteiger partial charge in [-0.15, -0.1) is 0 Å². The van der Waals surface area contributed by atoms with Gasteiger partial charge >= 0.3 is 0 Å². The Hall–Kier alpha value is -0.800. The molecule has 0 fully saturated rings. The summed E-state index contributed by atoms with van der Waals surface area (Å²) in [6.07, 6.45) is 2.82. The highest BCUT2D eigenvalue weighted by Gasteiger charge is 2.11. The van der Waals surface area contributed by atoms with Gasteiger partial charge in [0.05, 0.1) is 5.02 Å². The van der Waals surface area contributed by atoms with E-state index in [1.165, 1.54) is 0 Å². The molecule has 0 bridgehead atoms. The predicted molar refractivity (Wildman–Crippen MR) is 70.2 cm³/mol. The molecule has 0 radical (unpaired) electrons. The quantitative estimate of drug-likeness (QED) is 0.859. The molecule has 0 amide bonds. The number of nitrogens with one attached hydrogen (secondary N) is 1. The van der Waals surface area contributed by atoms with Crippen molar-refractivity contribution in [3.63, 3.8) is 0 Å². The van der Waals surface area contributed by atoms with Crippen molar-refractivity contribution in [2.75, 3.05) is 19.0 Å². The summed E-state index contributed by atoms with van der Waals surface area (Å²) >= 11 is 6.07. The van der Waals surface area contributed by atoms with Crippen LogP contribution in [0.3, 0.4) is 0 Å². The summed E-state index contributed by atoms with van der Waals surface area (Å²) in [5.41, 5.74) is 1.09. The molecular weight excluding hydrogens is 222 g/mol. The van der Waals surface area contributed by atoms with Gasteiger partial charge in [0.1, 0.15) is 5.82 Å². The van der Waals surface area contributed by atoms with E-state index in [-0.39, 0.29) is 0 Å². The lowest BCUT2D eigenvalue weighted by Crippen LogP contribution is -2.28. The second kappa shape index (κ2) is 6.06. The lowest BCUT2D eigenvalue weighted by molar-refractivity contribution is 0.656. The lowest BCUT2D eigenvalue weighted by atomic mass is 10.2. The van der Waals surface area contributed by atoms with Crippen LogP contribution in [-0.4, -0.2) is 25.1 Å². The Labute approximate surface area is 103 Å². The molecule has 4 heteroatoms. The van der Waals surface area contributed by atoms with Crippen LogP contribution in [0.15, 0.2) is 12.3 Å². The van der Waals surface area contributed by atoms with Crippen molar-refractivity contribution in [3.8, 4) is 0 Å². The van der Waals surface area contributed by atoms with Gasteiger partial charge in [-0.05, 0) is 32.0 Å². The Bertz CT molecular complexity index is 341. The fourth-order valence-electron chi connectivity index (χ4n) is 1.49. The molecule has 0 aliphatic heterocycles. The molecule has 16 heavy (non-hydrogen) atoms. The fourth-order valence-corrected chi connectivity index (χ4v) is 1.66. The summed E-state index contributed by atoms with van der Waals surface area (Å²) in [7, 11) is 3.97. The Morgan fingerprint density at radius 1 is 1.56 bits per heavy atom. The third-order valence-corrected chi connectivity index (χ3v) is 3.24. The van der Waals surface area contributed by atoms with Crippen molar-refractivity contribution in [1.29, 1.82) is 0 Å². The number of rotatable bonds is 5. The van der Waals surface area contributed by atoms with Gasteiger partial charge in [0, 0.05) is 25.8 Å². The van der Waals surface area contributed by atoms with Crippen LogP contribution in [0.2, 0.25) is 5.02 Å². The van der Waals surface area contributed by atoms with E-state index in [4.69, 9.17) is 11.6 Å². The molecule has 1 aromatic heterocycles. The maximum atomic E-state index is 6.07. The zero-order chi connectivity index (χ0) is 12.1. The summed E-state index contributed by atoms with van der Waals surface area (Å²) in [5.74, 6) is 0.976. The molecular formula is C12H20ClN3. The number of hydrogen-bond donors (Lipinski definition) is 1. The van der Waals surface area contributed by atoms with E-state index in [0.717, 1.165) is 29.4 Å². The van der Waals surface area contributed by atoms with E-state index >= 15 is 0 Å². The van der Waals surface area contributed by atoms with Crippen molar-refractivity contribution in [1.82, 2.24) is 10.3 Å². The number of hydrogen-bond acceptors (Lipinski definition) is 3. The number of halogens is 1. The summed E-state index contributed by atoms with van der Waals surface area (Å²) in [6.45, 7) is 5.13. The first-order valence-electron chi connectivity index (χ1n) is 5.62. The molecule has 0 saturated heterocycles. The summed E-state index contributed by atoms with van der Waals surface area (Å²) in [6, 6.07) is 2.53. The zero-order valence-corrected chi connectivity index (χ0v) is 11.2. The van der Waals surface area contributed by atoms with Gasteiger partial charge in [-0.1, -0.05) is 18.5 Å². The van der Waals surface area contributed by atoms with Crippen LogP contribution in [-0.2, 0) is 6.54 Å². The van der Waals surface area contributed by atoms with Crippen LogP contribution >= 0.6 is 11.6 Å². The second-order valence-corrected chi connectivity index (χ2v) is 4.44.